The molecule has 0 unspecified atom stereocenters. The van der Waals surface area contributed by atoms with Crippen molar-refractivity contribution in [3.63, 3.8) is 0 Å². The lowest BCUT2D eigenvalue weighted by atomic mass is 9.81. The van der Waals surface area contributed by atoms with Crippen molar-refractivity contribution in [1.29, 1.82) is 0 Å². The second-order valence-corrected chi connectivity index (χ2v) is 8.58. The maximum absolute atomic E-state index is 12.4. The van der Waals surface area contributed by atoms with Crippen LogP contribution in [-0.2, 0) is 16.0 Å². The largest absolute Gasteiger partial charge is 0.356 e. The predicted molar refractivity (Wildman–Crippen MR) is 117 cm³/mol. The maximum atomic E-state index is 12.4. The summed E-state index contributed by atoms with van der Waals surface area (Å²) in [4.78, 5) is 24.8. The second-order valence-electron chi connectivity index (χ2n) is 8.58. The van der Waals surface area contributed by atoms with Gasteiger partial charge in [-0.25, -0.2) is 0 Å². The maximum Gasteiger partial charge on any atom is 0.223 e. The fourth-order valence-corrected chi connectivity index (χ4v) is 4.53. The van der Waals surface area contributed by atoms with E-state index in [-0.39, 0.29) is 23.7 Å². The van der Waals surface area contributed by atoms with E-state index >= 15 is 0 Å². The molecule has 1 aromatic carbocycles. The Labute approximate surface area is 175 Å². The summed E-state index contributed by atoms with van der Waals surface area (Å²) in [6.07, 6.45) is 13.6. The third-order valence-electron chi connectivity index (χ3n) is 6.38. The summed E-state index contributed by atoms with van der Waals surface area (Å²) in [5.41, 5.74) is 2.82. The van der Waals surface area contributed by atoms with Gasteiger partial charge in [-0.1, -0.05) is 42.0 Å². The predicted octanol–water partition coefficient (Wildman–Crippen LogP) is 4.55. The van der Waals surface area contributed by atoms with Crippen LogP contribution in [0.15, 0.2) is 42.0 Å². The summed E-state index contributed by atoms with van der Waals surface area (Å²) in [6, 6.07) is 10.4. The lowest BCUT2D eigenvalue weighted by Crippen LogP contribution is -2.38. The molecule has 0 spiro atoms. The molecule has 2 amide bonds. The van der Waals surface area contributed by atoms with Crippen LogP contribution in [0.2, 0.25) is 0 Å². The molecule has 158 valence electrons. The zero-order valence-corrected chi connectivity index (χ0v) is 17.6. The molecule has 0 bridgehead atoms. The number of benzene rings is 1. The van der Waals surface area contributed by atoms with Crippen LogP contribution in [0.1, 0.15) is 69.8 Å². The van der Waals surface area contributed by atoms with Crippen molar-refractivity contribution in [2.45, 2.75) is 70.6 Å². The van der Waals surface area contributed by atoms with Crippen molar-refractivity contribution in [2.75, 3.05) is 13.1 Å². The smallest absolute Gasteiger partial charge is 0.223 e. The van der Waals surface area contributed by atoms with Gasteiger partial charge in [-0.2, -0.15) is 0 Å². The lowest BCUT2D eigenvalue weighted by Gasteiger charge is -2.27. The van der Waals surface area contributed by atoms with Crippen LogP contribution < -0.4 is 10.6 Å². The molecule has 0 heterocycles. The van der Waals surface area contributed by atoms with Gasteiger partial charge < -0.3 is 10.6 Å². The average Bonchev–Trinajstić information content (AvgIpc) is 2.78. The van der Waals surface area contributed by atoms with Crippen LogP contribution in [-0.4, -0.2) is 24.9 Å². The molecule has 3 rings (SSSR count). The first-order chi connectivity index (χ1) is 14.2. The Morgan fingerprint density at radius 2 is 1.48 bits per heavy atom. The van der Waals surface area contributed by atoms with Gasteiger partial charge in [0.1, 0.15) is 0 Å². The minimum absolute atomic E-state index is 0.0724. The van der Waals surface area contributed by atoms with Gasteiger partial charge in [-0.05, 0) is 76.2 Å². The normalized spacial score (nSPS) is 21.9. The van der Waals surface area contributed by atoms with E-state index in [0.29, 0.717) is 0 Å². The Kier molecular flexibility index (Phi) is 8.79. The van der Waals surface area contributed by atoms with E-state index in [9.17, 15) is 9.59 Å². The Hall–Kier alpha value is -2.10. The Morgan fingerprint density at radius 3 is 2.10 bits per heavy atom. The Bertz CT molecular complexity index is 675. The summed E-state index contributed by atoms with van der Waals surface area (Å²) in [5.74, 6) is 0.505. The molecule has 0 atom stereocenters. The van der Waals surface area contributed by atoms with Gasteiger partial charge in [0.15, 0.2) is 0 Å². The van der Waals surface area contributed by atoms with Crippen LogP contribution in [0.25, 0.3) is 0 Å². The first-order valence-electron chi connectivity index (χ1n) is 11.5. The Balaban J connectivity index is 1.27. The van der Waals surface area contributed by atoms with E-state index in [2.05, 4.69) is 41.0 Å². The highest BCUT2D eigenvalue weighted by Crippen LogP contribution is 2.29. The molecule has 2 N–H and O–H groups in total. The molecule has 0 radical (unpaired) electrons. The summed E-state index contributed by atoms with van der Waals surface area (Å²) in [5, 5.41) is 6.21. The van der Waals surface area contributed by atoms with Crippen molar-refractivity contribution in [3.8, 4) is 0 Å². The van der Waals surface area contributed by atoms with Crippen LogP contribution in [0.5, 0.6) is 0 Å². The van der Waals surface area contributed by atoms with Crippen LogP contribution in [0.3, 0.4) is 0 Å². The number of amides is 2. The van der Waals surface area contributed by atoms with Crippen molar-refractivity contribution in [2.24, 2.45) is 11.8 Å². The Morgan fingerprint density at radius 1 is 0.828 bits per heavy atom. The topological polar surface area (TPSA) is 58.2 Å². The molecule has 1 aromatic rings. The highest BCUT2D eigenvalue weighted by atomic mass is 16.2. The molecular weight excluding hydrogens is 360 g/mol. The summed E-state index contributed by atoms with van der Waals surface area (Å²) < 4.78 is 0. The molecule has 4 heteroatoms. The number of hydrogen-bond donors (Lipinski definition) is 2. The highest BCUT2D eigenvalue weighted by molar-refractivity contribution is 5.81. The third-order valence-corrected chi connectivity index (χ3v) is 6.38. The molecule has 0 saturated heterocycles. The zero-order valence-electron chi connectivity index (χ0n) is 17.6. The monoisotopic (exact) mass is 396 g/mol. The average molecular weight is 397 g/mol. The molecule has 0 aromatic heterocycles. The number of carbonyl (C=O) groups is 2. The van der Waals surface area contributed by atoms with Crippen molar-refractivity contribution >= 4 is 11.8 Å². The number of carbonyl (C=O) groups excluding carboxylic acids is 2. The van der Waals surface area contributed by atoms with Gasteiger partial charge in [0.2, 0.25) is 11.8 Å². The molecule has 0 aliphatic heterocycles. The van der Waals surface area contributed by atoms with Crippen molar-refractivity contribution in [1.82, 2.24) is 10.6 Å². The summed E-state index contributed by atoms with van der Waals surface area (Å²) in [7, 11) is 0. The molecule has 29 heavy (non-hydrogen) atoms. The van der Waals surface area contributed by atoms with Crippen LogP contribution >= 0.6 is 0 Å². The quantitative estimate of drug-likeness (QED) is 0.475. The molecular formula is C25H36N2O2. The van der Waals surface area contributed by atoms with Crippen LogP contribution in [0, 0.1) is 11.8 Å². The fraction of sp³-hybridized carbons (Fsp3) is 0.600. The van der Waals surface area contributed by atoms with E-state index in [1.54, 1.807) is 0 Å². The molecule has 1 saturated carbocycles. The first-order valence-corrected chi connectivity index (χ1v) is 11.5. The van der Waals surface area contributed by atoms with Gasteiger partial charge >= 0.3 is 0 Å². The van der Waals surface area contributed by atoms with Gasteiger partial charge in [-0.15, -0.1) is 0 Å². The van der Waals surface area contributed by atoms with Gasteiger partial charge in [-0.3, -0.25) is 9.59 Å². The lowest BCUT2D eigenvalue weighted by molar-refractivity contribution is -0.130. The standard InChI is InChI=1S/C25H36N2O2/c28-24(26-18-7-12-20-8-3-1-4-9-20)22-13-15-23(16-14-22)25(29)27-19-17-21-10-5-2-6-11-21/h1,3-4,8-10,22-23H,2,5-7,11-19H2,(H,26,28)(H,27,29). The zero-order chi connectivity index (χ0) is 20.3. The number of nitrogens with one attached hydrogen (secondary N) is 2. The number of allylic oxidation sites excluding steroid dienone is 1. The SMILES string of the molecule is O=C(NCCCc1ccccc1)C1CCC(C(=O)NCCC2=CCCCC2)CC1. The first kappa shape index (κ1) is 21.6. The van der Waals surface area contributed by atoms with E-state index in [0.717, 1.165) is 58.0 Å². The fourth-order valence-electron chi connectivity index (χ4n) is 4.53. The third kappa shape index (κ3) is 7.34. The van der Waals surface area contributed by atoms with E-state index in [4.69, 9.17) is 0 Å². The van der Waals surface area contributed by atoms with Gasteiger partial charge in [0.05, 0.1) is 0 Å². The van der Waals surface area contributed by atoms with E-state index < -0.39 is 0 Å². The number of rotatable bonds is 9. The minimum atomic E-state index is 0.0724. The summed E-state index contributed by atoms with van der Waals surface area (Å²) in [6.45, 7) is 1.48. The molecule has 1 fully saturated rings. The van der Waals surface area contributed by atoms with Gasteiger partial charge in [0.25, 0.3) is 0 Å². The van der Waals surface area contributed by atoms with Crippen molar-refractivity contribution < 1.29 is 9.59 Å². The van der Waals surface area contributed by atoms with Crippen molar-refractivity contribution in [3.05, 3.63) is 47.5 Å². The molecule has 2 aliphatic rings. The number of hydrogen-bond acceptors (Lipinski definition) is 2. The minimum Gasteiger partial charge on any atom is -0.356 e. The van der Waals surface area contributed by atoms with Crippen LogP contribution in [0.4, 0.5) is 0 Å². The van der Waals surface area contributed by atoms with E-state index in [1.807, 2.05) is 6.07 Å². The summed E-state index contributed by atoms with van der Waals surface area (Å²) >= 11 is 0. The van der Waals surface area contributed by atoms with Gasteiger partial charge in [0, 0.05) is 24.9 Å². The number of aryl methyl sites for hydroxylation is 1. The van der Waals surface area contributed by atoms with E-state index in [1.165, 1.54) is 36.8 Å². The second kappa shape index (κ2) is 11.8. The molecule has 2 aliphatic carbocycles. The highest BCUT2D eigenvalue weighted by Gasteiger charge is 2.29. The molecule has 4 nitrogen and oxygen atoms in total.